The number of oxime groups is 2. The smallest absolute Gasteiger partial charge is 0.347 e. The van der Waals surface area contributed by atoms with Gasteiger partial charge in [0.1, 0.15) is 111 Å². The molecule has 0 unspecified atom stereocenters. The molecule has 2 aliphatic rings. The zero-order chi connectivity index (χ0) is 65.5. The minimum absolute atomic E-state index is 0.196. The molecule has 2 saturated heterocycles. The Hall–Kier alpha value is -5.69. The van der Waals surface area contributed by atoms with Crippen LogP contribution >= 0.6 is 0 Å². The van der Waals surface area contributed by atoms with Crippen LogP contribution in [0.1, 0.15) is 0 Å². The molecule has 0 aliphatic carbocycles. The van der Waals surface area contributed by atoms with Gasteiger partial charge in [0, 0.05) is 26.2 Å². The number of ether oxygens (including phenoxy) is 6. The van der Waals surface area contributed by atoms with E-state index in [0.717, 1.165) is 9.80 Å². The number of aliphatic hydroxyl groups excluding tert-OH is 16. The Labute approximate surface area is 492 Å². The van der Waals surface area contributed by atoms with Crippen LogP contribution in [0.5, 0.6) is 0 Å². The molecule has 0 saturated carbocycles. The molecule has 41 nitrogen and oxygen atoms in total. The summed E-state index contributed by atoms with van der Waals surface area (Å²) < 4.78 is 30.6. The third-order valence-electron chi connectivity index (χ3n) is 12.4. The van der Waals surface area contributed by atoms with Gasteiger partial charge in [-0.15, -0.1) is 0 Å². The molecule has 87 heavy (non-hydrogen) atoms. The number of carbonyl (C=O) groups is 7. The Morgan fingerprint density at radius 3 is 1.14 bits per heavy atom. The highest BCUT2D eigenvalue weighted by atomic mass is 16.7. The molecule has 2 heterocycles. The largest absolute Gasteiger partial charge is 0.480 e. The van der Waals surface area contributed by atoms with Crippen LogP contribution in [-0.2, 0) is 71.7 Å². The van der Waals surface area contributed by atoms with E-state index in [9.17, 15) is 131 Å². The highest BCUT2D eigenvalue weighted by Crippen LogP contribution is 2.26. The van der Waals surface area contributed by atoms with Gasteiger partial charge in [-0.1, -0.05) is 10.3 Å². The average Bonchev–Trinajstić information content (AvgIpc) is 3.23. The lowest BCUT2D eigenvalue weighted by Gasteiger charge is -2.42. The molecular weight excluding hydrogens is 1190 g/mol. The number of hydrogen-bond acceptors (Lipinski definition) is 36. The normalized spacial score (nSPS) is 25.3. The van der Waals surface area contributed by atoms with E-state index in [-0.39, 0.29) is 39.3 Å². The van der Waals surface area contributed by atoms with Crippen molar-refractivity contribution in [3.05, 3.63) is 0 Å². The zero-order valence-corrected chi connectivity index (χ0v) is 46.3. The van der Waals surface area contributed by atoms with Crippen molar-refractivity contribution in [2.75, 3.05) is 125 Å². The maximum atomic E-state index is 12.7. The summed E-state index contributed by atoms with van der Waals surface area (Å²) in [5.74, 6) is -7.78. The highest BCUT2D eigenvalue weighted by molar-refractivity contribution is 5.80. The van der Waals surface area contributed by atoms with Crippen molar-refractivity contribution < 1.29 is 169 Å². The standard InChI is InChI=1S/C46H79N7O34/c54-16-24(60)43(86-45-41(78)39(76)37(74)26(18-56)84-45)35(72)22(58)9-49-82-20-33(70)80-7-1-47-28(62)11-52(14-31(66)67)5-3-51(13-30(64)65)4-6-53(15-32(68)69)12-29(63)48-2-8-81-34(71)21-83-50-10-23(59)36(73)44(25(61)17-55)87-46-42(79)40(77)38(75)27(19-57)85-46/h9-10,22-27,35-46,54-61,72-79H,1-8,11-21H2,(H,47,62)(H,48,63)(H,64,65)(H,66,67)(H,68,69)/b49-9+,50-10+/t22-,23-,24+,25+,26-,27-,35+,36+,37-,38-,39+,40+,41-,42-,43+,44+,45-,46+/m1/s1. The maximum absolute atomic E-state index is 12.7. The monoisotopic (exact) mass is 1270 g/mol. The van der Waals surface area contributed by atoms with Crippen molar-refractivity contribution in [1.82, 2.24) is 25.3 Å². The molecule has 41 heteroatoms. The van der Waals surface area contributed by atoms with E-state index in [4.69, 9.17) is 38.1 Å². The van der Waals surface area contributed by atoms with E-state index in [1.165, 1.54) is 4.90 Å². The lowest BCUT2D eigenvalue weighted by Crippen LogP contribution is -2.61. The first-order valence-electron chi connectivity index (χ1n) is 26.3. The first-order valence-corrected chi connectivity index (χ1v) is 26.3. The van der Waals surface area contributed by atoms with E-state index in [1.807, 2.05) is 0 Å². The minimum Gasteiger partial charge on any atom is -0.480 e. The number of hydrogen-bond donors (Lipinski definition) is 21. The minimum atomic E-state index is -2.15. The average molecular weight is 1270 g/mol. The third-order valence-corrected chi connectivity index (χ3v) is 12.4. The molecule has 2 fully saturated rings. The maximum Gasteiger partial charge on any atom is 0.347 e. The van der Waals surface area contributed by atoms with Gasteiger partial charge in [-0.05, 0) is 0 Å². The Morgan fingerprint density at radius 1 is 0.483 bits per heavy atom. The van der Waals surface area contributed by atoms with Crippen LogP contribution in [0.25, 0.3) is 0 Å². The van der Waals surface area contributed by atoms with Crippen LogP contribution in [0.3, 0.4) is 0 Å². The molecule has 0 aromatic heterocycles. The summed E-state index contributed by atoms with van der Waals surface area (Å²) in [5.41, 5.74) is 0. The number of carbonyl (C=O) groups excluding carboxylic acids is 4. The Balaban J connectivity index is 1.81. The van der Waals surface area contributed by atoms with Crippen LogP contribution in [0.2, 0.25) is 0 Å². The summed E-state index contributed by atoms with van der Waals surface area (Å²) in [6.45, 7) is -11.2. The number of carboxylic acid groups (broad SMARTS) is 3. The van der Waals surface area contributed by atoms with Crippen LogP contribution in [-0.4, -0.2) is 401 Å². The highest BCUT2D eigenvalue weighted by Gasteiger charge is 2.48. The van der Waals surface area contributed by atoms with Gasteiger partial charge < -0.3 is 146 Å². The second-order valence-corrected chi connectivity index (χ2v) is 19.1. The van der Waals surface area contributed by atoms with Crippen molar-refractivity contribution in [3.63, 3.8) is 0 Å². The van der Waals surface area contributed by atoms with E-state index >= 15 is 0 Å². The van der Waals surface area contributed by atoms with E-state index in [1.54, 1.807) is 0 Å². The van der Waals surface area contributed by atoms with E-state index in [0.29, 0.717) is 12.4 Å². The number of nitrogens with one attached hydrogen (secondary N) is 2. The molecule has 502 valence electrons. The van der Waals surface area contributed by atoms with Crippen molar-refractivity contribution in [2.24, 2.45) is 10.3 Å². The second-order valence-electron chi connectivity index (χ2n) is 19.1. The third kappa shape index (κ3) is 28.1. The fourth-order valence-electron chi connectivity index (χ4n) is 7.78. The number of carboxylic acids is 3. The molecule has 2 rings (SSSR count). The number of aliphatic hydroxyl groups is 16. The predicted molar refractivity (Wildman–Crippen MR) is 277 cm³/mol. The first kappa shape index (κ1) is 77.4. The summed E-state index contributed by atoms with van der Waals surface area (Å²) in [6, 6.07) is 0. The molecule has 2 amide bonds. The van der Waals surface area contributed by atoms with Gasteiger partial charge in [-0.2, -0.15) is 0 Å². The molecule has 0 aromatic rings. The van der Waals surface area contributed by atoms with Crippen LogP contribution in [0.4, 0.5) is 0 Å². The van der Waals surface area contributed by atoms with Crippen molar-refractivity contribution >= 4 is 54.1 Å². The molecule has 0 bridgehead atoms. The van der Waals surface area contributed by atoms with Crippen LogP contribution in [0, 0.1) is 0 Å². The molecule has 0 spiro atoms. The fraction of sp³-hybridized carbons (Fsp3) is 0.804. The number of amides is 2. The predicted octanol–water partition coefficient (Wildman–Crippen LogP) is -15.0. The molecule has 0 aromatic carbocycles. The quantitative estimate of drug-likeness (QED) is 0.0117. The van der Waals surface area contributed by atoms with Gasteiger partial charge in [-0.3, -0.25) is 38.7 Å². The van der Waals surface area contributed by atoms with Gasteiger partial charge in [0.05, 0.1) is 84.7 Å². The molecule has 18 atom stereocenters. The second kappa shape index (κ2) is 40.8. The van der Waals surface area contributed by atoms with Crippen molar-refractivity contribution in [1.29, 1.82) is 0 Å². The van der Waals surface area contributed by atoms with Crippen LogP contribution < -0.4 is 10.6 Å². The summed E-state index contributed by atoms with van der Waals surface area (Å²) in [7, 11) is 0. The number of nitrogens with zero attached hydrogens (tertiary/aromatic N) is 5. The summed E-state index contributed by atoms with van der Waals surface area (Å²) in [5, 5.41) is 200. The van der Waals surface area contributed by atoms with Gasteiger partial charge in [0.2, 0.25) is 25.0 Å². The number of aliphatic carboxylic acids is 3. The van der Waals surface area contributed by atoms with Gasteiger partial charge in [0.25, 0.3) is 0 Å². The SMILES string of the molecule is O=C(O)CN(CCN(CC(=O)O)CC(=O)NCCOC(=O)CO/N=C/[C@@H](O)[C@H](O)[C@@H](O[C@@H]1O[C@H](CO)[C@@H](O)[C@H](O)[C@H]1O)[C@@H](O)CO)CCN(CC(=O)O)CC(=O)NCCOC(=O)CO/N=C/[C@@H](O)[C@H](O)[C@@H](O[C@H]1O[C@H](CO)[C@@H](O)[C@H](O)[C@H]1O)[C@@H](O)CO. The van der Waals surface area contributed by atoms with Crippen molar-refractivity contribution in [2.45, 2.75) is 110 Å². The molecule has 0 radical (unpaired) electrons. The summed E-state index contributed by atoms with van der Waals surface area (Å²) >= 11 is 0. The summed E-state index contributed by atoms with van der Waals surface area (Å²) in [6.07, 6.45) is -33.2. The number of esters is 2. The fourth-order valence-corrected chi connectivity index (χ4v) is 7.78. The Kier molecular flexibility index (Phi) is 36.3. The Morgan fingerprint density at radius 2 is 0.816 bits per heavy atom. The lowest BCUT2D eigenvalue weighted by molar-refractivity contribution is -0.326. The first-order chi connectivity index (χ1) is 41.1. The molecular formula is C46H79N7O34. The summed E-state index contributed by atoms with van der Waals surface area (Å²) in [4.78, 5) is 97.7. The Bertz CT molecular complexity index is 2000. The number of rotatable bonds is 44. The van der Waals surface area contributed by atoms with Crippen LogP contribution in [0.15, 0.2) is 10.3 Å². The van der Waals surface area contributed by atoms with E-state index < -0.39 is 237 Å². The topological polar surface area (TPSA) is 636 Å². The zero-order valence-electron chi connectivity index (χ0n) is 46.3. The van der Waals surface area contributed by atoms with Gasteiger partial charge in [0.15, 0.2) is 12.6 Å². The van der Waals surface area contributed by atoms with E-state index in [2.05, 4.69) is 20.9 Å². The molecule has 21 N–H and O–H groups in total. The van der Waals surface area contributed by atoms with Crippen molar-refractivity contribution in [3.8, 4) is 0 Å². The lowest BCUT2D eigenvalue weighted by atomic mass is 9.98. The van der Waals surface area contributed by atoms with Gasteiger partial charge >= 0.3 is 29.8 Å². The van der Waals surface area contributed by atoms with Gasteiger partial charge in [-0.25, -0.2) is 9.59 Å². The molecule has 2 aliphatic heterocycles.